The predicted molar refractivity (Wildman–Crippen MR) is 129 cm³/mol. The number of non-ortho nitro benzene ring substituents is 1. The van der Waals surface area contributed by atoms with Gasteiger partial charge < -0.3 is 14.8 Å². The molecule has 34 heavy (non-hydrogen) atoms. The van der Waals surface area contributed by atoms with Crippen LogP contribution in [0.4, 0.5) is 11.4 Å². The van der Waals surface area contributed by atoms with Gasteiger partial charge in [0, 0.05) is 12.1 Å². The van der Waals surface area contributed by atoms with Crippen LogP contribution in [0, 0.1) is 21.4 Å². The molecule has 0 bridgehead atoms. The smallest absolute Gasteiger partial charge is 0.269 e. The Bertz CT molecular complexity index is 1270. The third kappa shape index (κ3) is 6.34. The molecule has 3 aromatic rings. The van der Waals surface area contributed by atoms with Crippen molar-refractivity contribution in [1.29, 1.82) is 5.26 Å². The van der Waals surface area contributed by atoms with Crippen LogP contribution in [0.15, 0.2) is 72.3 Å². The fourth-order valence-corrected chi connectivity index (χ4v) is 3.13. The van der Waals surface area contributed by atoms with Gasteiger partial charge in [0.25, 0.3) is 11.6 Å². The van der Waals surface area contributed by atoms with Crippen LogP contribution >= 0.6 is 11.6 Å². The number of anilines is 1. The Morgan fingerprint density at radius 1 is 1.12 bits per heavy atom. The summed E-state index contributed by atoms with van der Waals surface area (Å²) in [6, 6.07) is 19.7. The first-order valence-electron chi connectivity index (χ1n) is 10.2. The van der Waals surface area contributed by atoms with Crippen LogP contribution < -0.4 is 14.8 Å². The van der Waals surface area contributed by atoms with Crippen LogP contribution in [-0.2, 0) is 11.4 Å². The van der Waals surface area contributed by atoms with Gasteiger partial charge in [-0.15, -0.1) is 0 Å². The van der Waals surface area contributed by atoms with Gasteiger partial charge in [0.05, 0.1) is 22.2 Å². The van der Waals surface area contributed by atoms with Crippen molar-refractivity contribution >= 4 is 35.0 Å². The summed E-state index contributed by atoms with van der Waals surface area (Å²) < 4.78 is 11.5. The summed E-state index contributed by atoms with van der Waals surface area (Å²) in [6.45, 7) is 2.37. The van der Waals surface area contributed by atoms with E-state index in [1.807, 2.05) is 13.0 Å². The second kappa shape index (κ2) is 11.5. The Labute approximate surface area is 201 Å². The lowest BCUT2D eigenvalue weighted by Gasteiger charge is -2.13. The average molecular weight is 478 g/mol. The number of hydrogen-bond donors (Lipinski definition) is 1. The van der Waals surface area contributed by atoms with Gasteiger partial charge in [-0.2, -0.15) is 5.26 Å². The molecule has 0 heterocycles. The molecule has 9 heteroatoms. The molecule has 0 aliphatic carbocycles. The van der Waals surface area contributed by atoms with Crippen molar-refractivity contribution in [3.05, 3.63) is 98.6 Å². The minimum Gasteiger partial charge on any atom is -0.490 e. The SMILES string of the molecule is CCOc1cc(/C=C(/C#N)C(=O)Nc2ccccc2Cl)ccc1OCc1ccc([N+](=O)[O-])cc1. The molecule has 0 unspecified atom stereocenters. The maximum Gasteiger partial charge on any atom is 0.269 e. The van der Waals surface area contributed by atoms with Crippen LogP contribution in [0.25, 0.3) is 6.08 Å². The second-order valence-corrected chi connectivity index (χ2v) is 7.36. The monoisotopic (exact) mass is 477 g/mol. The number of carbonyl (C=O) groups is 1. The van der Waals surface area contributed by atoms with Gasteiger partial charge in [0.2, 0.25) is 0 Å². The van der Waals surface area contributed by atoms with E-state index in [0.29, 0.717) is 34.4 Å². The molecule has 0 aromatic heterocycles. The van der Waals surface area contributed by atoms with Crippen molar-refractivity contribution < 1.29 is 19.2 Å². The number of benzene rings is 3. The zero-order chi connectivity index (χ0) is 24.5. The van der Waals surface area contributed by atoms with Crippen LogP contribution in [0.5, 0.6) is 11.5 Å². The van der Waals surface area contributed by atoms with E-state index in [1.165, 1.54) is 18.2 Å². The molecule has 0 fully saturated rings. The Balaban J connectivity index is 1.77. The Kier molecular flexibility index (Phi) is 8.21. The zero-order valence-electron chi connectivity index (χ0n) is 18.2. The van der Waals surface area contributed by atoms with Gasteiger partial charge in [-0.25, -0.2) is 0 Å². The molecule has 3 aromatic carbocycles. The van der Waals surface area contributed by atoms with E-state index in [0.717, 1.165) is 5.56 Å². The number of nitrogens with zero attached hydrogens (tertiary/aromatic N) is 2. The van der Waals surface area contributed by atoms with E-state index in [2.05, 4.69) is 5.32 Å². The number of nitro benzene ring substituents is 1. The first-order valence-corrected chi connectivity index (χ1v) is 10.6. The number of carbonyl (C=O) groups excluding carboxylic acids is 1. The van der Waals surface area contributed by atoms with E-state index >= 15 is 0 Å². The minimum atomic E-state index is -0.591. The summed E-state index contributed by atoms with van der Waals surface area (Å²) >= 11 is 6.07. The van der Waals surface area contributed by atoms with E-state index in [1.54, 1.807) is 54.6 Å². The molecule has 0 saturated carbocycles. The highest BCUT2D eigenvalue weighted by Crippen LogP contribution is 2.30. The Hall–Kier alpha value is -4.35. The zero-order valence-corrected chi connectivity index (χ0v) is 18.9. The summed E-state index contributed by atoms with van der Waals surface area (Å²) in [5, 5.41) is 23.3. The fraction of sp³-hybridized carbons (Fsp3) is 0.120. The molecule has 0 radical (unpaired) electrons. The van der Waals surface area contributed by atoms with Crippen molar-refractivity contribution in [2.45, 2.75) is 13.5 Å². The topological polar surface area (TPSA) is 114 Å². The number of para-hydroxylation sites is 1. The Morgan fingerprint density at radius 3 is 2.50 bits per heavy atom. The summed E-state index contributed by atoms with van der Waals surface area (Å²) in [7, 11) is 0. The minimum absolute atomic E-state index is 0.00163. The summed E-state index contributed by atoms with van der Waals surface area (Å²) in [4.78, 5) is 22.9. The van der Waals surface area contributed by atoms with E-state index in [-0.39, 0.29) is 17.9 Å². The normalized spacial score (nSPS) is 10.8. The summed E-state index contributed by atoms with van der Waals surface area (Å²) in [5.74, 6) is 0.297. The number of nitrogens with one attached hydrogen (secondary N) is 1. The Morgan fingerprint density at radius 2 is 1.85 bits per heavy atom. The number of rotatable bonds is 9. The van der Waals surface area contributed by atoms with Crippen LogP contribution in [0.1, 0.15) is 18.1 Å². The second-order valence-electron chi connectivity index (χ2n) is 6.96. The van der Waals surface area contributed by atoms with Gasteiger partial charge >= 0.3 is 0 Å². The van der Waals surface area contributed by atoms with Crippen molar-refractivity contribution in [3.8, 4) is 17.6 Å². The lowest BCUT2D eigenvalue weighted by Crippen LogP contribution is -2.13. The molecule has 0 saturated heterocycles. The van der Waals surface area contributed by atoms with Gasteiger partial charge in [0.1, 0.15) is 18.2 Å². The average Bonchev–Trinajstić information content (AvgIpc) is 2.83. The van der Waals surface area contributed by atoms with Crippen LogP contribution in [0.2, 0.25) is 5.02 Å². The molecule has 1 N–H and O–H groups in total. The van der Waals surface area contributed by atoms with Crippen molar-refractivity contribution in [2.24, 2.45) is 0 Å². The van der Waals surface area contributed by atoms with Gasteiger partial charge in [0.15, 0.2) is 11.5 Å². The van der Waals surface area contributed by atoms with Crippen LogP contribution in [-0.4, -0.2) is 17.4 Å². The third-order valence-electron chi connectivity index (χ3n) is 4.61. The van der Waals surface area contributed by atoms with E-state index in [4.69, 9.17) is 21.1 Å². The van der Waals surface area contributed by atoms with Crippen LogP contribution in [0.3, 0.4) is 0 Å². The molecule has 1 amide bonds. The maximum atomic E-state index is 12.5. The molecular weight excluding hydrogens is 458 g/mol. The molecule has 0 aliphatic heterocycles. The number of halogens is 1. The molecule has 0 aliphatic rings. The van der Waals surface area contributed by atoms with Crippen molar-refractivity contribution in [2.75, 3.05) is 11.9 Å². The number of amides is 1. The summed E-state index contributed by atoms with van der Waals surface area (Å²) in [5.41, 5.74) is 1.61. The van der Waals surface area contributed by atoms with Gasteiger partial charge in [-0.3, -0.25) is 14.9 Å². The highest BCUT2D eigenvalue weighted by atomic mass is 35.5. The maximum absolute atomic E-state index is 12.5. The third-order valence-corrected chi connectivity index (χ3v) is 4.94. The quantitative estimate of drug-likeness (QED) is 0.181. The number of nitriles is 1. The molecule has 0 spiro atoms. The predicted octanol–water partition coefficient (Wildman–Crippen LogP) is 5.77. The van der Waals surface area contributed by atoms with Crippen molar-refractivity contribution in [3.63, 3.8) is 0 Å². The number of nitro groups is 1. The standard InChI is InChI=1S/C25H20ClN3O5/c1-2-33-24-14-18(13-19(15-27)25(30)28-22-6-4-3-5-21(22)26)9-12-23(24)34-16-17-7-10-20(11-8-17)29(31)32/h3-14H,2,16H2,1H3,(H,28,30)/b19-13-. The van der Waals surface area contributed by atoms with Gasteiger partial charge in [-0.05, 0) is 60.5 Å². The number of ether oxygens (including phenoxy) is 2. The van der Waals surface area contributed by atoms with E-state index in [9.17, 15) is 20.2 Å². The number of hydrogen-bond acceptors (Lipinski definition) is 6. The van der Waals surface area contributed by atoms with E-state index < -0.39 is 10.8 Å². The first kappa shape index (κ1) is 24.3. The molecular formula is C25H20ClN3O5. The molecule has 172 valence electrons. The van der Waals surface area contributed by atoms with Gasteiger partial charge in [-0.1, -0.05) is 29.8 Å². The first-order chi connectivity index (χ1) is 16.4. The molecule has 3 rings (SSSR count). The van der Waals surface area contributed by atoms with Crippen molar-refractivity contribution in [1.82, 2.24) is 0 Å². The highest BCUT2D eigenvalue weighted by Gasteiger charge is 2.13. The molecule has 0 atom stereocenters. The largest absolute Gasteiger partial charge is 0.490 e. The molecule has 8 nitrogen and oxygen atoms in total. The highest BCUT2D eigenvalue weighted by molar-refractivity contribution is 6.34. The lowest BCUT2D eigenvalue weighted by molar-refractivity contribution is -0.384. The lowest BCUT2D eigenvalue weighted by atomic mass is 10.1. The summed E-state index contributed by atoms with van der Waals surface area (Å²) in [6.07, 6.45) is 1.44. The fourth-order valence-electron chi connectivity index (χ4n) is 2.94.